The molecule has 1 aromatic carbocycles. The van der Waals surface area contributed by atoms with Crippen molar-refractivity contribution in [3.63, 3.8) is 0 Å². The largest absolute Gasteiger partial charge is 0.436 e. The molecule has 0 amide bonds. The third kappa shape index (κ3) is 2.62. The van der Waals surface area contributed by atoms with Crippen LogP contribution in [0.1, 0.15) is 0 Å². The number of rotatable bonds is 2. The van der Waals surface area contributed by atoms with Gasteiger partial charge in [0.05, 0.1) is 16.9 Å². The maximum Gasteiger partial charge on any atom is 0.238 e. The number of anilines is 1. The summed E-state index contributed by atoms with van der Waals surface area (Å²) < 4.78 is 6.23. The summed E-state index contributed by atoms with van der Waals surface area (Å²) in [6, 6.07) is 5.21. The minimum Gasteiger partial charge on any atom is -0.436 e. The van der Waals surface area contributed by atoms with Crippen LogP contribution in [0.4, 0.5) is 5.82 Å². The summed E-state index contributed by atoms with van der Waals surface area (Å²) in [5.74, 6) is 1.34. The molecule has 0 aliphatic carbocycles. The fourth-order valence-corrected chi connectivity index (χ4v) is 1.81. The third-order valence-electron chi connectivity index (χ3n) is 1.76. The van der Waals surface area contributed by atoms with Crippen LogP contribution in [0.2, 0.25) is 5.02 Å². The highest BCUT2D eigenvalue weighted by Crippen LogP contribution is 2.30. The highest BCUT2D eigenvalue weighted by molar-refractivity contribution is 9.10. The zero-order chi connectivity index (χ0) is 11.5. The van der Waals surface area contributed by atoms with Gasteiger partial charge in [0.2, 0.25) is 5.88 Å². The Bertz CT molecular complexity index is 504. The van der Waals surface area contributed by atoms with E-state index in [4.69, 9.17) is 22.1 Å². The maximum atomic E-state index is 5.81. The van der Waals surface area contributed by atoms with Crippen molar-refractivity contribution in [2.45, 2.75) is 0 Å². The number of ether oxygens (including phenoxy) is 1. The summed E-state index contributed by atoms with van der Waals surface area (Å²) in [6.45, 7) is 0. The molecule has 0 unspecified atom stereocenters. The van der Waals surface area contributed by atoms with E-state index in [9.17, 15) is 0 Å². The Morgan fingerprint density at radius 2 is 2.06 bits per heavy atom. The number of halogens is 2. The average molecular weight is 301 g/mol. The molecule has 2 rings (SSSR count). The van der Waals surface area contributed by atoms with E-state index in [1.54, 1.807) is 18.2 Å². The zero-order valence-corrected chi connectivity index (χ0v) is 10.4. The molecule has 0 saturated carbocycles. The van der Waals surface area contributed by atoms with Crippen molar-refractivity contribution < 1.29 is 4.74 Å². The molecule has 6 heteroatoms. The number of benzene rings is 1. The Morgan fingerprint density at radius 1 is 1.25 bits per heavy atom. The normalized spacial score (nSPS) is 10.1. The first-order valence-corrected chi connectivity index (χ1v) is 5.52. The van der Waals surface area contributed by atoms with Crippen LogP contribution in [-0.4, -0.2) is 9.97 Å². The number of hydrogen-bond donors (Lipinski definition) is 1. The SMILES string of the molecule is Nc1cnc(Oc2ccc(Cl)cc2Br)cn1. The van der Waals surface area contributed by atoms with E-state index < -0.39 is 0 Å². The summed E-state index contributed by atoms with van der Waals surface area (Å²) in [5.41, 5.74) is 5.41. The van der Waals surface area contributed by atoms with E-state index in [2.05, 4.69) is 25.9 Å². The van der Waals surface area contributed by atoms with E-state index in [0.29, 0.717) is 22.5 Å². The topological polar surface area (TPSA) is 61.0 Å². The third-order valence-corrected chi connectivity index (χ3v) is 2.61. The van der Waals surface area contributed by atoms with Gasteiger partial charge in [0.15, 0.2) is 0 Å². The van der Waals surface area contributed by atoms with Crippen LogP contribution in [0.3, 0.4) is 0 Å². The Morgan fingerprint density at radius 3 is 2.69 bits per heavy atom. The Hall–Kier alpha value is -1.33. The summed E-state index contributed by atoms with van der Waals surface area (Å²) in [6.07, 6.45) is 2.88. The van der Waals surface area contributed by atoms with Crippen LogP contribution >= 0.6 is 27.5 Å². The smallest absolute Gasteiger partial charge is 0.238 e. The Labute approximate surface area is 106 Å². The predicted octanol–water partition coefficient (Wildman–Crippen LogP) is 3.27. The van der Waals surface area contributed by atoms with Crippen molar-refractivity contribution in [2.75, 3.05) is 5.73 Å². The minimum absolute atomic E-state index is 0.350. The quantitative estimate of drug-likeness (QED) is 0.924. The lowest BCUT2D eigenvalue weighted by Gasteiger charge is -2.06. The molecule has 1 heterocycles. The summed E-state index contributed by atoms with van der Waals surface area (Å²) in [7, 11) is 0. The first-order chi connectivity index (χ1) is 7.65. The van der Waals surface area contributed by atoms with E-state index in [-0.39, 0.29) is 0 Å². The molecular weight excluding hydrogens is 293 g/mol. The second-order valence-electron chi connectivity index (χ2n) is 2.96. The average Bonchev–Trinajstić information content (AvgIpc) is 2.25. The monoisotopic (exact) mass is 299 g/mol. The number of nitrogen functional groups attached to an aromatic ring is 1. The van der Waals surface area contributed by atoms with Gasteiger partial charge in [-0.15, -0.1) is 0 Å². The first-order valence-electron chi connectivity index (χ1n) is 4.35. The summed E-state index contributed by atoms with van der Waals surface area (Å²) in [5, 5.41) is 0.627. The molecule has 0 radical (unpaired) electrons. The van der Waals surface area contributed by atoms with Gasteiger partial charge in [-0.3, -0.25) is 0 Å². The number of nitrogens with two attached hydrogens (primary N) is 1. The molecule has 0 saturated heterocycles. The van der Waals surface area contributed by atoms with Crippen molar-refractivity contribution in [2.24, 2.45) is 0 Å². The standard InChI is InChI=1S/C10H7BrClN3O/c11-7-3-6(12)1-2-8(7)16-10-5-14-9(13)4-15-10/h1-5H,(H2,13,14). The summed E-state index contributed by atoms with van der Waals surface area (Å²) in [4.78, 5) is 7.84. The van der Waals surface area contributed by atoms with Gasteiger partial charge in [0, 0.05) is 5.02 Å². The fourth-order valence-electron chi connectivity index (χ4n) is 1.05. The van der Waals surface area contributed by atoms with E-state index in [1.807, 2.05) is 0 Å². The molecule has 16 heavy (non-hydrogen) atoms. The fraction of sp³-hybridized carbons (Fsp3) is 0. The van der Waals surface area contributed by atoms with Gasteiger partial charge in [-0.2, -0.15) is 0 Å². The molecule has 1 aromatic heterocycles. The van der Waals surface area contributed by atoms with Gasteiger partial charge in [0.1, 0.15) is 11.6 Å². The van der Waals surface area contributed by atoms with Gasteiger partial charge >= 0.3 is 0 Å². The second-order valence-corrected chi connectivity index (χ2v) is 4.25. The first kappa shape index (κ1) is 11.2. The molecule has 4 nitrogen and oxygen atoms in total. The van der Waals surface area contributed by atoms with Crippen LogP contribution < -0.4 is 10.5 Å². The van der Waals surface area contributed by atoms with Crippen molar-refractivity contribution in [1.82, 2.24) is 9.97 Å². The number of aromatic nitrogens is 2. The van der Waals surface area contributed by atoms with Crippen LogP contribution in [0.25, 0.3) is 0 Å². The molecule has 0 aliphatic rings. The molecule has 0 spiro atoms. The van der Waals surface area contributed by atoms with Crippen molar-refractivity contribution in [1.29, 1.82) is 0 Å². The maximum absolute atomic E-state index is 5.81. The van der Waals surface area contributed by atoms with Gasteiger partial charge < -0.3 is 10.5 Å². The van der Waals surface area contributed by atoms with Crippen LogP contribution in [0.15, 0.2) is 35.1 Å². The van der Waals surface area contributed by atoms with Crippen molar-refractivity contribution in [3.05, 3.63) is 40.1 Å². The van der Waals surface area contributed by atoms with Gasteiger partial charge in [-0.05, 0) is 34.1 Å². The molecule has 0 fully saturated rings. The minimum atomic E-state index is 0.350. The van der Waals surface area contributed by atoms with E-state index in [0.717, 1.165) is 4.47 Å². The highest BCUT2D eigenvalue weighted by Gasteiger charge is 2.04. The molecular formula is C10H7BrClN3O. The van der Waals surface area contributed by atoms with E-state index >= 15 is 0 Å². The number of hydrogen-bond acceptors (Lipinski definition) is 4. The van der Waals surface area contributed by atoms with Gasteiger partial charge in [-0.25, -0.2) is 9.97 Å². The van der Waals surface area contributed by atoms with E-state index in [1.165, 1.54) is 12.4 Å². The second kappa shape index (κ2) is 4.67. The molecule has 0 bridgehead atoms. The molecule has 2 aromatic rings. The molecule has 82 valence electrons. The Balaban J connectivity index is 2.23. The molecule has 2 N–H and O–H groups in total. The van der Waals surface area contributed by atoms with Crippen molar-refractivity contribution in [3.8, 4) is 11.6 Å². The molecule has 0 aliphatic heterocycles. The van der Waals surface area contributed by atoms with Crippen LogP contribution in [0.5, 0.6) is 11.6 Å². The lowest BCUT2D eigenvalue weighted by Crippen LogP contribution is -1.94. The predicted molar refractivity (Wildman–Crippen MR) is 65.7 cm³/mol. The molecule has 0 atom stereocenters. The summed E-state index contributed by atoms with van der Waals surface area (Å²) >= 11 is 9.15. The lowest BCUT2D eigenvalue weighted by molar-refractivity contribution is 0.457. The van der Waals surface area contributed by atoms with Gasteiger partial charge in [0.25, 0.3) is 0 Å². The highest BCUT2D eigenvalue weighted by atomic mass is 79.9. The van der Waals surface area contributed by atoms with Crippen LogP contribution in [-0.2, 0) is 0 Å². The zero-order valence-electron chi connectivity index (χ0n) is 8.02. The van der Waals surface area contributed by atoms with Gasteiger partial charge in [-0.1, -0.05) is 11.6 Å². The number of nitrogens with zero attached hydrogens (tertiary/aromatic N) is 2. The lowest BCUT2D eigenvalue weighted by atomic mass is 10.3. The Kier molecular flexibility index (Phi) is 3.26. The van der Waals surface area contributed by atoms with Crippen LogP contribution in [0, 0.1) is 0 Å². The van der Waals surface area contributed by atoms with Crippen molar-refractivity contribution >= 4 is 33.3 Å².